The zero-order chi connectivity index (χ0) is 19.0. The Kier molecular flexibility index (Phi) is 4.85. The summed E-state index contributed by atoms with van der Waals surface area (Å²) in [5.41, 5.74) is 5.06. The number of halogens is 1. The van der Waals surface area contributed by atoms with Crippen LogP contribution in [0.3, 0.4) is 0 Å². The highest BCUT2D eigenvalue weighted by Crippen LogP contribution is 2.37. The second kappa shape index (κ2) is 7.29. The number of hydrogen-bond donors (Lipinski definition) is 1. The molecule has 0 bridgehead atoms. The average molecular weight is 441 g/mol. The van der Waals surface area contributed by atoms with Crippen LogP contribution in [0, 0.1) is 0 Å². The quantitative estimate of drug-likeness (QED) is 0.602. The van der Waals surface area contributed by atoms with Gasteiger partial charge in [0.1, 0.15) is 0 Å². The van der Waals surface area contributed by atoms with Gasteiger partial charge in [0.25, 0.3) is 0 Å². The molecule has 1 aliphatic rings. The van der Waals surface area contributed by atoms with E-state index in [4.69, 9.17) is 0 Å². The highest BCUT2D eigenvalue weighted by molar-refractivity contribution is 9.10. The first-order chi connectivity index (χ1) is 13.1. The van der Waals surface area contributed by atoms with Crippen molar-refractivity contribution < 1.29 is 5.11 Å². The molecule has 0 amide bonds. The summed E-state index contributed by atoms with van der Waals surface area (Å²) in [5, 5.41) is 10.6. The minimum absolute atomic E-state index is 0.00836. The van der Waals surface area contributed by atoms with Gasteiger partial charge in [-0.1, -0.05) is 64.5 Å². The van der Waals surface area contributed by atoms with Crippen molar-refractivity contribution in [2.45, 2.75) is 19.9 Å². The van der Waals surface area contributed by atoms with Gasteiger partial charge in [0.05, 0.1) is 17.1 Å². The van der Waals surface area contributed by atoms with Gasteiger partial charge < -0.3 is 5.11 Å². The number of nitrogens with zero attached hydrogens (tertiary/aromatic N) is 2. The molecule has 2 aromatic carbocycles. The van der Waals surface area contributed by atoms with Gasteiger partial charge in [-0.05, 0) is 35.8 Å². The molecule has 4 rings (SSSR count). The second-order valence-corrected chi connectivity index (χ2v) is 8.21. The topological polar surface area (TPSA) is 54.6 Å². The van der Waals surface area contributed by atoms with Crippen molar-refractivity contribution >= 4 is 50.8 Å². The lowest BCUT2D eigenvalue weighted by atomic mass is 10.0. The Morgan fingerprint density at radius 1 is 1.26 bits per heavy atom. The van der Waals surface area contributed by atoms with Gasteiger partial charge in [0.15, 0.2) is 0 Å². The molecule has 0 saturated heterocycles. The Hall–Kier alpha value is -2.44. The second-order valence-electron chi connectivity index (χ2n) is 6.30. The van der Waals surface area contributed by atoms with E-state index >= 15 is 0 Å². The van der Waals surface area contributed by atoms with Gasteiger partial charge in [0, 0.05) is 21.8 Å². The van der Waals surface area contributed by atoms with Crippen molar-refractivity contribution in [2.75, 3.05) is 0 Å². The number of aromatic hydroxyl groups is 1. The van der Waals surface area contributed by atoms with Crippen LogP contribution in [0.1, 0.15) is 28.5 Å². The van der Waals surface area contributed by atoms with Crippen LogP contribution in [0.15, 0.2) is 56.7 Å². The van der Waals surface area contributed by atoms with Gasteiger partial charge in [-0.15, -0.1) is 0 Å². The monoisotopic (exact) mass is 440 g/mol. The van der Waals surface area contributed by atoms with Crippen molar-refractivity contribution in [2.24, 2.45) is 4.99 Å². The molecule has 0 spiro atoms. The summed E-state index contributed by atoms with van der Waals surface area (Å²) in [4.78, 5) is 17.3. The maximum absolute atomic E-state index is 12.4. The van der Waals surface area contributed by atoms with Crippen molar-refractivity contribution in [1.29, 1.82) is 0 Å². The van der Waals surface area contributed by atoms with Crippen LogP contribution in [0.4, 0.5) is 5.69 Å². The molecular weight excluding hydrogens is 424 g/mol. The van der Waals surface area contributed by atoms with Crippen LogP contribution in [-0.2, 0) is 13.0 Å². The number of hydrogen-bond acceptors (Lipinski definition) is 4. The van der Waals surface area contributed by atoms with Crippen LogP contribution in [-0.4, -0.2) is 15.9 Å². The van der Waals surface area contributed by atoms with Crippen molar-refractivity contribution in [3.05, 3.63) is 78.2 Å². The highest BCUT2D eigenvalue weighted by atomic mass is 79.9. The summed E-state index contributed by atoms with van der Waals surface area (Å²) >= 11 is 4.48. The Morgan fingerprint density at radius 2 is 2.07 bits per heavy atom. The Bertz CT molecular complexity index is 1140. The lowest BCUT2D eigenvalue weighted by Crippen LogP contribution is -2.13. The van der Waals surface area contributed by atoms with Gasteiger partial charge in [-0.2, -0.15) is 0 Å². The fraction of sp³-hybridized carbons (Fsp3) is 0.143. The average Bonchev–Trinajstić information content (AvgIpc) is 3.18. The molecule has 0 saturated carbocycles. The summed E-state index contributed by atoms with van der Waals surface area (Å²) in [6.07, 6.45) is 4.55. The van der Waals surface area contributed by atoms with Crippen LogP contribution in [0.25, 0.3) is 11.6 Å². The van der Waals surface area contributed by atoms with E-state index in [1.54, 1.807) is 6.21 Å². The Labute approximate surface area is 169 Å². The SMILES string of the molecule is CCc1cccc2c1N=CC2=Cc1sc(=O)n(Cc2cccc(Br)c2)c1O. The van der Waals surface area contributed by atoms with E-state index in [0.717, 1.165) is 44.6 Å². The number of thiazole rings is 1. The molecule has 0 fully saturated rings. The molecular formula is C21H17BrN2O2S. The first kappa shape index (κ1) is 17.9. The molecule has 0 atom stereocenters. The number of allylic oxidation sites excluding steroid dienone is 1. The molecule has 1 N–H and O–H groups in total. The molecule has 3 aromatic rings. The van der Waals surface area contributed by atoms with Crippen LogP contribution in [0.2, 0.25) is 0 Å². The minimum Gasteiger partial charge on any atom is -0.493 e. The number of fused-ring (bicyclic) bond motifs is 1. The fourth-order valence-corrected chi connectivity index (χ4v) is 4.47. The van der Waals surface area contributed by atoms with E-state index in [-0.39, 0.29) is 10.8 Å². The first-order valence-corrected chi connectivity index (χ1v) is 10.2. The first-order valence-electron chi connectivity index (χ1n) is 8.62. The molecule has 1 aromatic heterocycles. The highest BCUT2D eigenvalue weighted by Gasteiger charge is 2.18. The molecule has 4 nitrogen and oxygen atoms in total. The van der Waals surface area contributed by atoms with E-state index < -0.39 is 0 Å². The van der Waals surface area contributed by atoms with Crippen molar-refractivity contribution in [3.63, 3.8) is 0 Å². The third-order valence-electron chi connectivity index (χ3n) is 4.55. The van der Waals surface area contributed by atoms with Crippen molar-refractivity contribution in [1.82, 2.24) is 4.57 Å². The predicted octanol–water partition coefficient (Wildman–Crippen LogP) is 5.25. The summed E-state index contributed by atoms with van der Waals surface area (Å²) in [5.74, 6) is -0.00836. The number of benzene rings is 2. The van der Waals surface area contributed by atoms with Gasteiger partial charge in [-0.3, -0.25) is 14.4 Å². The van der Waals surface area contributed by atoms with E-state index in [1.807, 2.05) is 42.5 Å². The molecule has 0 unspecified atom stereocenters. The van der Waals surface area contributed by atoms with E-state index in [1.165, 1.54) is 10.1 Å². The maximum Gasteiger partial charge on any atom is 0.310 e. The minimum atomic E-state index is -0.184. The zero-order valence-electron chi connectivity index (χ0n) is 14.6. The standard InChI is InChI=1S/C21H17BrN2O2S/c1-2-14-6-4-8-17-15(11-23-19(14)17)10-18-20(25)24(21(26)27-18)12-13-5-3-7-16(22)9-13/h3-11,25H,2,12H2,1H3. The van der Waals surface area contributed by atoms with Gasteiger partial charge >= 0.3 is 4.87 Å². The smallest absolute Gasteiger partial charge is 0.310 e. The molecule has 1 aliphatic heterocycles. The number of aryl methyl sites for hydroxylation is 1. The van der Waals surface area contributed by atoms with Gasteiger partial charge in [-0.25, -0.2) is 0 Å². The summed E-state index contributed by atoms with van der Waals surface area (Å²) < 4.78 is 2.34. The maximum atomic E-state index is 12.4. The molecule has 6 heteroatoms. The molecule has 136 valence electrons. The third-order valence-corrected chi connectivity index (χ3v) is 5.96. The molecule has 27 heavy (non-hydrogen) atoms. The molecule has 2 heterocycles. The summed E-state index contributed by atoms with van der Waals surface area (Å²) in [7, 11) is 0. The summed E-state index contributed by atoms with van der Waals surface area (Å²) in [6.45, 7) is 2.43. The fourth-order valence-electron chi connectivity index (χ4n) is 3.19. The number of rotatable bonds is 4. The van der Waals surface area contributed by atoms with Gasteiger partial charge in [0.2, 0.25) is 5.88 Å². The number of para-hydroxylation sites is 1. The van der Waals surface area contributed by atoms with Crippen LogP contribution in [0.5, 0.6) is 5.88 Å². The Balaban J connectivity index is 1.71. The van der Waals surface area contributed by atoms with Crippen LogP contribution < -0.4 is 4.87 Å². The summed E-state index contributed by atoms with van der Waals surface area (Å²) in [6, 6.07) is 13.8. The van der Waals surface area contributed by atoms with Crippen LogP contribution >= 0.6 is 27.3 Å². The number of aliphatic imine (C=N–C) groups is 1. The Morgan fingerprint density at radius 3 is 2.85 bits per heavy atom. The lowest BCUT2D eigenvalue weighted by Gasteiger charge is -2.05. The normalized spacial score (nSPS) is 14.1. The molecule has 0 aliphatic carbocycles. The molecule has 0 radical (unpaired) electrons. The largest absolute Gasteiger partial charge is 0.493 e. The van der Waals surface area contributed by atoms with E-state index in [9.17, 15) is 9.90 Å². The van der Waals surface area contributed by atoms with E-state index in [2.05, 4.69) is 33.9 Å². The third kappa shape index (κ3) is 3.42. The zero-order valence-corrected chi connectivity index (χ0v) is 17.0. The lowest BCUT2D eigenvalue weighted by molar-refractivity contribution is 0.420. The van der Waals surface area contributed by atoms with Crippen molar-refractivity contribution in [3.8, 4) is 5.88 Å². The van der Waals surface area contributed by atoms with E-state index in [0.29, 0.717) is 11.4 Å². The predicted molar refractivity (Wildman–Crippen MR) is 115 cm³/mol. The number of aromatic nitrogens is 1.